The summed E-state index contributed by atoms with van der Waals surface area (Å²) >= 11 is 1.36. The Labute approximate surface area is 279 Å². The summed E-state index contributed by atoms with van der Waals surface area (Å²) < 4.78 is 140. The number of ether oxygens (including phenoxy) is 1. The highest BCUT2D eigenvalue weighted by molar-refractivity contribution is 8.11. The van der Waals surface area contributed by atoms with E-state index in [0.717, 1.165) is 16.2 Å². The van der Waals surface area contributed by atoms with Crippen LogP contribution in [0.5, 0.6) is 5.75 Å². The van der Waals surface area contributed by atoms with Crippen LogP contribution in [0, 0.1) is 0 Å². The third kappa shape index (κ3) is 4.49. The summed E-state index contributed by atoms with van der Waals surface area (Å²) in [6, 6.07) is 19.3. The Kier molecular flexibility index (Phi) is 6.96. The van der Waals surface area contributed by atoms with E-state index < -0.39 is 57.2 Å². The molecule has 0 fully saturated rings. The molecular weight excluding hydrogens is 719 g/mol. The number of aliphatic imine (C=N–C) groups is 1. The van der Waals surface area contributed by atoms with E-state index in [4.69, 9.17) is 14.7 Å². The van der Waals surface area contributed by atoms with Crippen LogP contribution in [0.2, 0.25) is 0 Å². The highest BCUT2D eigenvalue weighted by Gasteiger charge is 2.65. The highest BCUT2D eigenvalue weighted by atomic mass is 32.3. The third-order valence-electron chi connectivity index (χ3n) is 8.74. The summed E-state index contributed by atoms with van der Waals surface area (Å²) in [6.45, 7) is 2.76. The van der Waals surface area contributed by atoms with Gasteiger partial charge in [0.05, 0.1) is 33.1 Å². The lowest BCUT2D eigenvalue weighted by molar-refractivity contribution is -0.0462. The van der Waals surface area contributed by atoms with E-state index in [2.05, 4.69) is 0 Å². The van der Waals surface area contributed by atoms with Gasteiger partial charge in [-0.1, -0.05) is 42.5 Å². The highest BCUT2D eigenvalue weighted by Crippen LogP contribution is 2.59. The summed E-state index contributed by atoms with van der Waals surface area (Å²) in [7, 11) is -12.9. The first kappa shape index (κ1) is 33.1. The fraction of sp³-hybridized carbons (Fsp3) is 0.226. The topological polar surface area (TPSA) is 109 Å². The number of fused-ring (bicyclic) bond motifs is 5. The molecule has 0 radical (unpaired) electrons. The van der Waals surface area contributed by atoms with E-state index in [9.17, 15) is 43.2 Å². The minimum atomic E-state index is -7.17. The van der Waals surface area contributed by atoms with Crippen molar-refractivity contribution < 1.29 is 47.9 Å². The normalized spacial score (nSPS) is 18.9. The number of halogens is 6. The van der Waals surface area contributed by atoms with E-state index in [1.807, 2.05) is 42.5 Å². The van der Waals surface area contributed by atoms with Crippen molar-refractivity contribution in [3.63, 3.8) is 0 Å². The summed E-state index contributed by atoms with van der Waals surface area (Å²) in [5.41, 5.74) is -16.8. The molecule has 7 rings (SSSR count). The first-order valence-electron chi connectivity index (χ1n) is 14.2. The zero-order chi connectivity index (χ0) is 35.5. The quantitative estimate of drug-likeness (QED) is 0.173. The first-order chi connectivity index (χ1) is 22.7. The molecule has 2 aliphatic rings. The Hall–Kier alpha value is -4.42. The maximum absolute atomic E-state index is 13.9. The van der Waals surface area contributed by atoms with Crippen LogP contribution in [-0.4, -0.2) is 51.8 Å². The SMILES string of the molecule is CN1c2cccc(N(S(=O)(=O)C(F)(F)F)S(=O)(=O)C(F)(F)F)c2C(C)(C)C12C=Nc1c(c(-c3nc4ccccc4s3)cc3ccccc13)O2. The van der Waals surface area contributed by atoms with Crippen LogP contribution < -0.4 is 13.3 Å². The van der Waals surface area contributed by atoms with Crippen LogP contribution >= 0.6 is 11.3 Å². The Morgan fingerprint density at radius 3 is 2.14 bits per heavy atom. The van der Waals surface area contributed by atoms with Crippen molar-refractivity contribution in [2.75, 3.05) is 15.7 Å². The van der Waals surface area contributed by atoms with Gasteiger partial charge in [0, 0.05) is 23.7 Å². The zero-order valence-corrected chi connectivity index (χ0v) is 27.8. The van der Waals surface area contributed by atoms with Gasteiger partial charge in [-0.05, 0) is 49.6 Å². The third-order valence-corrected chi connectivity index (χ3v) is 13.4. The van der Waals surface area contributed by atoms with Gasteiger partial charge in [0.25, 0.3) is 0 Å². The second-order valence-electron chi connectivity index (χ2n) is 11.8. The standard InChI is InChI=1S/C31H22F6N4O5S3/c1-28(2)24-21(12-8-13-22(24)41(48(42,43)30(32,33)34)49(44,45)31(35,36)37)40(3)29(28)16-38-25-18-10-5-4-9-17(18)15-19(26(25)46-29)27-39-20-11-6-7-14-23(20)47-27/h4-16H,1-3H3. The lowest BCUT2D eigenvalue weighted by atomic mass is 9.76. The monoisotopic (exact) mass is 740 g/mol. The van der Waals surface area contributed by atoms with Crippen LogP contribution in [0.4, 0.5) is 43.4 Å². The molecule has 49 heavy (non-hydrogen) atoms. The molecule has 18 heteroatoms. The minimum absolute atomic E-state index is 0.0977. The molecule has 1 atom stereocenters. The molecule has 256 valence electrons. The van der Waals surface area contributed by atoms with Gasteiger partial charge in [-0.3, -0.25) is 4.99 Å². The number of benzene rings is 4. The van der Waals surface area contributed by atoms with Gasteiger partial charge in [0.15, 0.2) is 5.75 Å². The molecule has 0 saturated heterocycles. The second kappa shape index (κ2) is 10.3. The van der Waals surface area contributed by atoms with Crippen LogP contribution in [0.3, 0.4) is 0 Å². The van der Waals surface area contributed by atoms with E-state index in [1.54, 1.807) is 12.1 Å². The molecular formula is C31H22F6N4O5S3. The summed E-state index contributed by atoms with van der Waals surface area (Å²) in [5, 5.41) is 1.98. The number of likely N-dealkylation sites (N-methyl/N-ethyl adjacent to an activating group) is 1. The molecule has 1 spiro atoms. The number of hydrogen-bond donors (Lipinski definition) is 0. The average Bonchev–Trinajstić information content (AvgIpc) is 3.52. The van der Waals surface area contributed by atoms with E-state index in [1.165, 1.54) is 49.4 Å². The Morgan fingerprint density at radius 2 is 1.49 bits per heavy atom. The van der Waals surface area contributed by atoms with Crippen LogP contribution in [0.1, 0.15) is 19.4 Å². The Bertz CT molecular complexity index is 2380. The molecule has 1 aromatic heterocycles. The molecule has 0 N–H and O–H groups in total. The molecule has 0 amide bonds. The first-order valence-corrected chi connectivity index (χ1v) is 17.9. The van der Waals surface area contributed by atoms with E-state index in [-0.39, 0.29) is 11.4 Å². The van der Waals surface area contributed by atoms with Crippen molar-refractivity contribution in [3.05, 3.63) is 78.4 Å². The number of rotatable bonds is 4. The smallest absolute Gasteiger partial charge is 0.459 e. The van der Waals surface area contributed by atoms with Crippen molar-refractivity contribution in [1.29, 1.82) is 0 Å². The lowest BCUT2D eigenvalue weighted by Gasteiger charge is -2.45. The van der Waals surface area contributed by atoms with Gasteiger partial charge >= 0.3 is 31.1 Å². The fourth-order valence-corrected chi connectivity index (χ4v) is 10.1. The summed E-state index contributed by atoms with van der Waals surface area (Å²) in [6.07, 6.45) is 1.33. The molecule has 9 nitrogen and oxygen atoms in total. The van der Waals surface area contributed by atoms with Gasteiger partial charge in [-0.2, -0.15) is 43.2 Å². The number of para-hydroxylation sites is 1. The van der Waals surface area contributed by atoms with Crippen molar-refractivity contribution in [2.24, 2.45) is 4.99 Å². The van der Waals surface area contributed by atoms with Crippen molar-refractivity contribution in [3.8, 4) is 16.3 Å². The number of alkyl halides is 6. The van der Waals surface area contributed by atoms with Crippen LogP contribution in [0.15, 0.2) is 77.8 Å². The number of thiazole rings is 1. The van der Waals surface area contributed by atoms with E-state index in [0.29, 0.717) is 33.2 Å². The average molecular weight is 741 g/mol. The van der Waals surface area contributed by atoms with Gasteiger partial charge < -0.3 is 9.64 Å². The Morgan fingerprint density at radius 1 is 0.857 bits per heavy atom. The van der Waals surface area contributed by atoms with Gasteiger partial charge in [0.2, 0.25) is 5.72 Å². The largest absolute Gasteiger partial charge is 0.517 e. The molecule has 0 aliphatic carbocycles. The minimum Gasteiger partial charge on any atom is -0.459 e. The predicted molar refractivity (Wildman–Crippen MR) is 174 cm³/mol. The van der Waals surface area contributed by atoms with Gasteiger partial charge in [-0.15, -0.1) is 15.0 Å². The number of nitrogens with zero attached hydrogens (tertiary/aromatic N) is 4. The maximum Gasteiger partial charge on any atom is 0.517 e. The summed E-state index contributed by atoms with van der Waals surface area (Å²) in [4.78, 5) is 10.9. The maximum atomic E-state index is 13.9. The number of anilines is 2. The van der Waals surface area contributed by atoms with Crippen LogP contribution in [0.25, 0.3) is 31.6 Å². The Balaban J connectivity index is 1.48. The number of sulfonamides is 2. The molecule has 4 aromatic carbocycles. The molecule has 1 unspecified atom stereocenters. The van der Waals surface area contributed by atoms with Gasteiger partial charge in [0.1, 0.15) is 10.7 Å². The van der Waals surface area contributed by atoms with Crippen molar-refractivity contribution >= 4 is 75.6 Å². The van der Waals surface area contributed by atoms with E-state index >= 15 is 0 Å². The second-order valence-corrected chi connectivity index (χ2v) is 16.6. The predicted octanol–water partition coefficient (Wildman–Crippen LogP) is 7.84. The number of aromatic nitrogens is 1. The van der Waals surface area contributed by atoms with Gasteiger partial charge in [-0.25, -0.2) is 4.98 Å². The molecule has 2 aliphatic heterocycles. The zero-order valence-electron chi connectivity index (χ0n) is 25.3. The molecule has 0 saturated carbocycles. The van der Waals surface area contributed by atoms with Crippen molar-refractivity contribution in [1.82, 2.24) is 4.98 Å². The van der Waals surface area contributed by atoms with Crippen molar-refractivity contribution in [2.45, 2.75) is 36.0 Å². The van der Waals surface area contributed by atoms with Crippen LogP contribution in [-0.2, 0) is 25.5 Å². The molecule has 3 heterocycles. The number of hydrogen-bond acceptors (Lipinski definition) is 9. The lowest BCUT2D eigenvalue weighted by Crippen LogP contribution is -2.61. The fourth-order valence-electron chi connectivity index (χ4n) is 6.42. The molecule has 0 bridgehead atoms. The summed E-state index contributed by atoms with van der Waals surface area (Å²) in [5.74, 6) is 0.192. The molecule has 5 aromatic rings.